The molecule has 0 saturated carbocycles. The van der Waals surface area contributed by atoms with Gasteiger partial charge in [0.25, 0.3) is 0 Å². The summed E-state index contributed by atoms with van der Waals surface area (Å²) in [4.78, 5) is 10.7. The summed E-state index contributed by atoms with van der Waals surface area (Å²) in [5, 5.41) is 17.1. The number of aromatic carboxylic acids is 1. The molecular weight excluding hydrogens is 451 g/mol. The third-order valence-electron chi connectivity index (χ3n) is 3.09. The quantitative estimate of drug-likeness (QED) is 0.202. The summed E-state index contributed by atoms with van der Waals surface area (Å²) >= 11 is 12.0. The smallest absolute Gasteiger partial charge is 0.744 e. The fraction of sp³-hybridized carbons (Fsp3) is 0.0667. The van der Waals surface area contributed by atoms with Crippen LogP contribution in [0.5, 0.6) is 0 Å². The molecule has 0 radical (unpaired) electrons. The van der Waals surface area contributed by atoms with Crippen LogP contribution < -0.4 is 74.8 Å². The van der Waals surface area contributed by atoms with Crippen LogP contribution in [0.15, 0.2) is 46.4 Å². The summed E-state index contributed by atoms with van der Waals surface area (Å²) < 4.78 is 33.4. The fourth-order valence-corrected chi connectivity index (χ4v) is 2.81. The van der Waals surface area contributed by atoms with Crippen molar-refractivity contribution in [3.63, 3.8) is 0 Å². The van der Waals surface area contributed by atoms with E-state index in [1.807, 2.05) is 0 Å². The number of carbonyl (C=O) groups is 1. The zero-order chi connectivity index (χ0) is 19.5. The summed E-state index contributed by atoms with van der Waals surface area (Å²) in [5.41, 5.74) is 2.44. The molecule has 0 aliphatic rings. The van der Waals surface area contributed by atoms with E-state index in [-0.39, 0.29) is 69.8 Å². The molecule has 0 atom stereocenters. The summed E-state index contributed by atoms with van der Waals surface area (Å²) in [7, 11) is -4.84. The minimum atomic E-state index is -4.84. The molecule has 0 aliphatic heterocycles. The van der Waals surface area contributed by atoms with Gasteiger partial charge in [0.15, 0.2) is 0 Å². The summed E-state index contributed by atoms with van der Waals surface area (Å²) in [6.45, 7) is 1.57. The molecule has 0 spiro atoms. The molecule has 28 heavy (non-hydrogen) atoms. The maximum Gasteiger partial charge on any atom is 1.00 e. The van der Waals surface area contributed by atoms with E-state index in [1.165, 1.54) is 18.3 Å². The topological polar surface area (TPSA) is 125 Å². The van der Waals surface area contributed by atoms with Gasteiger partial charge in [-0.3, -0.25) is 5.43 Å². The molecular formula is C15H11Cl2N3Na2O5S. The molecule has 0 heterocycles. The average Bonchev–Trinajstić information content (AvgIpc) is 2.56. The van der Waals surface area contributed by atoms with Crippen molar-refractivity contribution in [2.45, 2.75) is 11.8 Å². The molecule has 0 aromatic heterocycles. The van der Waals surface area contributed by atoms with Crippen LogP contribution in [-0.2, 0) is 10.1 Å². The number of benzene rings is 2. The van der Waals surface area contributed by atoms with E-state index in [1.54, 1.807) is 13.0 Å². The van der Waals surface area contributed by atoms with Crippen molar-refractivity contribution < 1.29 is 82.0 Å². The predicted octanol–water partition coefficient (Wildman–Crippen LogP) is -3.89. The van der Waals surface area contributed by atoms with E-state index in [0.29, 0.717) is 16.8 Å². The van der Waals surface area contributed by atoms with E-state index < -0.39 is 26.5 Å². The van der Waals surface area contributed by atoms with E-state index in [0.717, 1.165) is 17.3 Å². The van der Waals surface area contributed by atoms with Gasteiger partial charge in [0.1, 0.15) is 10.1 Å². The van der Waals surface area contributed by atoms with Gasteiger partial charge in [0, 0.05) is 16.8 Å². The number of halogens is 2. The number of hydrogen-bond donors (Lipinski definition) is 1. The summed E-state index contributed by atoms with van der Waals surface area (Å²) in [6.07, 6.45) is 1.35. The number of rotatable bonds is 6. The molecule has 13 heteroatoms. The number of hydrogen-bond acceptors (Lipinski definition) is 8. The Morgan fingerprint density at radius 1 is 1.18 bits per heavy atom. The molecule has 8 nitrogen and oxygen atoms in total. The van der Waals surface area contributed by atoms with Crippen LogP contribution in [0.4, 0.5) is 11.4 Å². The van der Waals surface area contributed by atoms with E-state index >= 15 is 0 Å². The maximum absolute atomic E-state index is 11.4. The van der Waals surface area contributed by atoms with Gasteiger partial charge in [-0.25, -0.2) is 8.42 Å². The van der Waals surface area contributed by atoms with Gasteiger partial charge in [-0.1, -0.05) is 23.2 Å². The van der Waals surface area contributed by atoms with Gasteiger partial charge in [0.05, 0.1) is 27.3 Å². The normalized spacial score (nSPS) is 10.7. The number of hydrazine groups is 1. The minimum Gasteiger partial charge on any atom is -0.744 e. The van der Waals surface area contributed by atoms with Crippen LogP contribution in [0.2, 0.25) is 10.0 Å². The van der Waals surface area contributed by atoms with Gasteiger partial charge in [-0.15, -0.1) is 0 Å². The van der Waals surface area contributed by atoms with Gasteiger partial charge in [0.2, 0.25) is 0 Å². The Morgan fingerprint density at radius 3 is 2.36 bits per heavy atom. The van der Waals surface area contributed by atoms with Crippen LogP contribution in [0.1, 0.15) is 17.3 Å². The zero-order valence-electron chi connectivity index (χ0n) is 15.1. The first kappa shape index (κ1) is 27.7. The van der Waals surface area contributed by atoms with Gasteiger partial charge >= 0.3 is 59.1 Å². The molecule has 2 aromatic rings. The SMILES string of the molecule is CC=NN(Nc1cc(Cl)ccc1Cl)c1ccc(S(=O)(=O)[O-])cc1C(=O)[O-].[Na+].[Na+]. The van der Waals surface area contributed by atoms with Gasteiger partial charge < -0.3 is 14.5 Å². The fourth-order valence-electron chi connectivity index (χ4n) is 1.98. The molecule has 2 rings (SSSR count). The van der Waals surface area contributed by atoms with Crippen molar-refractivity contribution in [3.05, 3.63) is 52.0 Å². The second-order valence-electron chi connectivity index (χ2n) is 4.84. The first-order valence-electron chi connectivity index (χ1n) is 6.95. The van der Waals surface area contributed by atoms with Crippen molar-refractivity contribution in [2.24, 2.45) is 5.10 Å². The molecule has 0 unspecified atom stereocenters. The molecule has 0 bridgehead atoms. The first-order valence-corrected chi connectivity index (χ1v) is 9.11. The second kappa shape index (κ2) is 11.8. The van der Waals surface area contributed by atoms with E-state index in [2.05, 4.69) is 10.5 Å². The number of carbonyl (C=O) groups excluding carboxylic acids is 1. The molecule has 138 valence electrons. The predicted molar refractivity (Wildman–Crippen MR) is 95.5 cm³/mol. The summed E-state index contributed by atoms with van der Waals surface area (Å²) in [5.74, 6) is -1.69. The van der Waals surface area contributed by atoms with Crippen molar-refractivity contribution in [3.8, 4) is 0 Å². The minimum absolute atomic E-state index is 0. The third-order valence-corrected chi connectivity index (χ3v) is 4.49. The molecule has 0 saturated heterocycles. The van der Waals surface area contributed by atoms with Crippen molar-refractivity contribution >= 4 is 56.9 Å². The van der Waals surface area contributed by atoms with Crippen LogP contribution in [0, 0.1) is 0 Å². The average molecular weight is 462 g/mol. The molecule has 0 aliphatic carbocycles. The Balaban J connectivity index is 0.00000364. The number of nitrogens with zero attached hydrogens (tertiary/aromatic N) is 2. The Labute approximate surface area is 216 Å². The Morgan fingerprint density at radius 2 is 1.82 bits per heavy atom. The van der Waals surface area contributed by atoms with Crippen LogP contribution in [0.3, 0.4) is 0 Å². The van der Waals surface area contributed by atoms with E-state index in [9.17, 15) is 22.9 Å². The Bertz CT molecular complexity index is 990. The number of carboxylic acid groups (broad SMARTS) is 1. The van der Waals surface area contributed by atoms with Crippen molar-refractivity contribution in [1.82, 2.24) is 0 Å². The summed E-state index contributed by atoms with van der Waals surface area (Å²) in [6, 6.07) is 7.33. The van der Waals surface area contributed by atoms with Gasteiger partial charge in [-0.05, 0) is 43.3 Å². The third kappa shape index (κ3) is 7.17. The maximum atomic E-state index is 11.4. The molecule has 0 fully saturated rings. The standard InChI is InChI=1S/C15H13Cl2N3O5S.2Na/c1-2-18-20(19-13-7-9(16)3-5-12(13)17)14-6-4-10(26(23,24)25)8-11(14)15(21)22;;/h2-8,19H,1H3,(H,21,22)(H,23,24,25);;/q;2*+1/p-2. The second-order valence-corrected chi connectivity index (χ2v) is 7.07. The zero-order valence-corrected chi connectivity index (χ0v) is 21.5. The monoisotopic (exact) mass is 461 g/mol. The number of carboxylic acids is 1. The van der Waals surface area contributed by atoms with Crippen LogP contribution in [0.25, 0.3) is 0 Å². The van der Waals surface area contributed by atoms with E-state index in [4.69, 9.17) is 23.2 Å². The number of nitrogens with one attached hydrogen (secondary N) is 1. The molecule has 1 N–H and O–H groups in total. The largest absolute Gasteiger partial charge is 1.00 e. The number of hydrazone groups is 1. The van der Waals surface area contributed by atoms with Crippen LogP contribution >= 0.6 is 23.2 Å². The number of anilines is 2. The first-order chi connectivity index (χ1) is 12.1. The van der Waals surface area contributed by atoms with Gasteiger partial charge in [-0.2, -0.15) is 10.2 Å². The molecule has 0 amide bonds. The van der Waals surface area contributed by atoms with Crippen LogP contribution in [-0.4, -0.2) is 25.2 Å². The molecule has 2 aromatic carbocycles. The van der Waals surface area contributed by atoms with Crippen molar-refractivity contribution in [1.29, 1.82) is 0 Å². The Hall–Kier alpha value is -0.330. The Kier molecular flexibility index (Phi) is 11.6. The van der Waals surface area contributed by atoms with Crippen molar-refractivity contribution in [2.75, 3.05) is 10.5 Å².